The number of carbonyl (C=O) groups is 2. The number of halogens is 1. The van der Waals surface area contributed by atoms with Gasteiger partial charge in [-0.15, -0.1) is 11.7 Å². The van der Waals surface area contributed by atoms with Crippen LogP contribution in [0.4, 0.5) is 4.39 Å². The number of benzene rings is 2. The zero-order valence-corrected chi connectivity index (χ0v) is 26.0. The fourth-order valence-electron chi connectivity index (χ4n) is 6.14. The van der Waals surface area contributed by atoms with Crippen molar-refractivity contribution in [3.8, 4) is 5.69 Å². The number of aromatic nitrogens is 3. The van der Waals surface area contributed by atoms with Gasteiger partial charge in [-0.2, -0.15) is 0 Å². The van der Waals surface area contributed by atoms with Crippen LogP contribution in [0.25, 0.3) is 5.69 Å². The first-order valence-electron chi connectivity index (χ1n) is 15.6. The number of hydrogen-bond donors (Lipinski definition) is 1. The number of piperazine rings is 1. The average molecular weight is 595 g/mol. The third-order valence-corrected chi connectivity index (χ3v) is 8.79. The van der Waals surface area contributed by atoms with Crippen molar-refractivity contribution in [1.82, 2.24) is 35.0 Å². The maximum atomic E-state index is 13.9. The number of nitrogens with zero attached hydrogens (tertiary/aromatic N) is 6. The summed E-state index contributed by atoms with van der Waals surface area (Å²) in [5, 5.41) is 10.9. The summed E-state index contributed by atoms with van der Waals surface area (Å²) in [6, 6.07) is 13.6. The van der Waals surface area contributed by atoms with Gasteiger partial charge in [-0.05, 0) is 67.8 Å². The first-order chi connectivity index (χ1) is 21.1. The monoisotopic (exact) mass is 595 g/mol. The lowest BCUT2D eigenvalue weighted by molar-refractivity contribution is -0.135. The smallest absolute Gasteiger partial charge is 0.251 e. The minimum atomic E-state index is -0.628. The van der Waals surface area contributed by atoms with E-state index in [1.807, 2.05) is 35.2 Å². The van der Waals surface area contributed by atoms with Gasteiger partial charge >= 0.3 is 0 Å². The summed E-state index contributed by atoms with van der Waals surface area (Å²) in [7, 11) is 6.57. The van der Waals surface area contributed by atoms with Crippen LogP contribution >= 0.6 is 0 Å². The van der Waals surface area contributed by atoms with E-state index in [1.54, 1.807) is 29.2 Å². The van der Waals surface area contributed by atoms with Crippen LogP contribution in [-0.4, -0.2) is 122 Å². The molecule has 1 saturated carbocycles. The van der Waals surface area contributed by atoms with Crippen LogP contribution in [0.2, 0.25) is 0 Å². The van der Waals surface area contributed by atoms with Crippen molar-refractivity contribution >= 4 is 35.4 Å². The summed E-state index contributed by atoms with van der Waals surface area (Å²) in [6.45, 7) is 8.35. The molecule has 2 aliphatic rings. The molecule has 13 heteroatoms. The number of amides is 2. The Morgan fingerprint density at radius 1 is 1.09 bits per heavy atom. The maximum Gasteiger partial charge on any atom is 0.251 e. The van der Waals surface area contributed by atoms with Crippen molar-refractivity contribution in [3.63, 3.8) is 0 Å². The third-order valence-electron chi connectivity index (χ3n) is 8.79. The van der Waals surface area contributed by atoms with E-state index in [4.69, 9.17) is 0 Å². The molecule has 1 N–H and O–H groups in total. The summed E-state index contributed by atoms with van der Waals surface area (Å²) >= 11 is 0. The van der Waals surface area contributed by atoms with E-state index in [0.29, 0.717) is 37.0 Å². The Morgan fingerprint density at radius 3 is 2.41 bits per heavy atom. The standard InChI is InChI=1S/C31H41B3FN7O2/c1-2-14-39(28-21-26(28)22-5-9-24(35)10-6-22)15-3-4-27(30(44)40-17-19-41(20-18-40)31(32,33)34)37-29(43)23-7-11-25(12-8-23)42-16-13-36-38-42/h2,5-13,16,26-28H,1,3-4,14-15,17-21,32-34H2,(H,37,43)/t26-,27-,28+/m0/s1. The van der Waals surface area contributed by atoms with Crippen LogP contribution in [0.1, 0.15) is 41.1 Å². The molecule has 3 atom stereocenters. The Bertz CT molecular complexity index is 1410. The van der Waals surface area contributed by atoms with Gasteiger partial charge in [0.05, 0.1) is 18.1 Å². The van der Waals surface area contributed by atoms with E-state index >= 15 is 0 Å². The molecule has 1 aliphatic carbocycles. The highest BCUT2D eigenvalue weighted by Crippen LogP contribution is 2.44. The third kappa shape index (κ3) is 7.87. The van der Waals surface area contributed by atoms with E-state index in [9.17, 15) is 14.0 Å². The van der Waals surface area contributed by atoms with Crippen LogP contribution in [0.5, 0.6) is 0 Å². The van der Waals surface area contributed by atoms with Crippen LogP contribution in [0.3, 0.4) is 0 Å². The molecule has 3 aromatic rings. The fraction of sp³-hybridized carbons (Fsp3) is 0.419. The number of carbonyl (C=O) groups excluding carboxylic acids is 2. The second kappa shape index (κ2) is 13.9. The maximum absolute atomic E-state index is 13.9. The lowest BCUT2D eigenvalue weighted by Gasteiger charge is -2.43. The topological polar surface area (TPSA) is 86.6 Å². The van der Waals surface area contributed by atoms with Crippen LogP contribution in [0, 0.1) is 5.82 Å². The van der Waals surface area contributed by atoms with Gasteiger partial charge in [-0.25, -0.2) is 9.07 Å². The zero-order chi connectivity index (χ0) is 31.3. The second-order valence-electron chi connectivity index (χ2n) is 12.8. The Hall–Kier alpha value is -3.70. The predicted molar refractivity (Wildman–Crippen MR) is 178 cm³/mol. The molecule has 2 fully saturated rings. The van der Waals surface area contributed by atoms with E-state index in [0.717, 1.165) is 50.3 Å². The van der Waals surface area contributed by atoms with E-state index in [1.165, 1.54) is 12.1 Å². The molecule has 2 amide bonds. The van der Waals surface area contributed by atoms with Crippen LogP contribution < -0.4 is 5.32 Å². The highest BCUT2D eigenvalue weighted by atomic mass is 19.1. The van der Waals surface area contributed by atoms with E-state index < -0.39 is 6.04 Å². The Labute approximate surface area is 262 Å². The minimum absolute atomic E-state index is 0.0305. The van der Waals surface area contributed by atoms with Gasteiger partial charge in [0.1, 0.15) is 35.4 Å². The highest BCUT2D eigenvalue weighted by molar-refractivity contribution is 6.59. The molecule has 0 radical (unpaired) electrons. The van der Waals surface area contributed by atoms with Crippen molar-refractivity contribution in [2.45, 2.75) is 42.5 Å². The fourth-order valence-corrected chi connectivity index (χ4v) is 6.14. The average Bonchev–Trinajstić information content (AvgIpc) is 3.62. The van der Waals surface area contributed by atoms with Gasteiger partial charge in [0.2, 0.25) is 5.91 Å². The number of rotatable bonds is 13. The van der Waals surface area contributed by atoms with Crippen molar-refractivity contribution < 1.29 is 14.0 Å². The molecule has 2 heterocycles. The molecule has 228 valence electrons. The van der Waals surface area contributed by atoms with Gasteiger partial charge in [0.15, 0.2) is 0 Å². The molecule has 1 aliphatic heterocycles. The molecule has 44 heavy (non-hydrogen) atoms. The Balaban J connectivity index is 1.24. The molecule has 1 aromatic heterocycles. The quantitative estimate of drug-likeness (QED) is 0.221. The van der Waals surface area contributed by atoms with Gasteiger partial charge in [-0.1, -0.05) is 28.7 Å². The van der Waals surface area contributed by atoms with Gasteiger partial charge in [0.25, 0.3) is 5.91 Å². The van der Waals surface area contributed by atoms with Gasteiger partial charge in [0, 0.05) is 50.2 Å². The number of nitrogens with one attached hydrogen (secondary N) is 1. The Morgan fingerprint density at radius 2 is 1.80 bits per heavy atom. The molecule has 0 bridgehead atoms. The largest absolute Gasteiger partial charge is 0.340 e. The molecule has 5 rings (SSSR count). The lowest BCUT2D eigenvalue weighted by atomic mass is 9.48. The van der Waals surface area contributed by atoms with Crippen LogP contribution in [-0.2, 0) is 4.79 Å². The van der Waals surface area contributed by atoms with Gasteiger partial charge < -0.3 is 15.1 Å². The van der Waals surface area contributed by atoms with Gasteiger partial charge in [-0.3, -0.25) is 14.5 Å². The normalized spacial score (nSPS) is 19.5. The summed E-state index contributed by atoms with van der Waals surface area (Å²) in [5.74, 6) is -0.162. The summed E-state index contributed by atoms with van der Waals surface area (Å²) in [4.78, 5) is 33.9. The predicted octanol–water partition coefficient (Wildman–Crippen LogP) is -0.0161. The first kappa shape index (κ1) is 31.7. The van der Waals surface area contributed by atoms with Crippen molar-refractivity contribution in [3.05, 3.63) is 90.5 Å². The molecule has 0 spiro atoms. The minimum Gasteiger partial charge on any atom is -0.340 e. The summed E-state index contributed by atoms with van der Waals surface area (Å²) in [5.41, 5.74) is 2.43. The second-order valence-corrected chi connectivity index (χ2v) is 12.8. The first-order valence-corrected chi connectivity index (χ1v) is 15.6. The molecular weight excluding hydrogens is 554 g/mol. The summed E-state index contributed by atoms with van der Waals surface area (Å²) < 4.78 is 15.1. The van der Waals surface area contributed by atoms with Crippen molar-refractivity contribution in [1.29, 1.82) is 0 Å². The van der Waals surface area contributed by atoms with E-state index in [-0.39, 0.29) is 22.9 Å². The van der Waals surface area contributed by atoms with E-state index in [2.05, 4.69) is 55.5 Å². The van der Waals surface area contributed by atoms with Crippen molar-refractivity contribution in [2.24, 2.45) is 0 Å². The Kier molecular flexibility index (Phi) is 10.1. The number of hydrogen-bond acceptors (Lipinski definition) is 6. The van der Waals surface area contributed by atoms with Crippen LogP contribution in [0.15, 0.2) is 73.6 Å². The highest BCUT2D eigenvalue weighted by Gasteiger charge is 2.42. The molecular formula is C31H41B3FN7O2. The lowest BCUT2D eigenvalue weighted by Crippen LogP contribution is -2.61. The molecule has 2 aromatic carbocycles. The molecule has 1 saturated heterocycles. The van der Waals surface area contributed by atoms with Crippen molar-refractivity contribution in [2.75, 3.05) is 39.3 Å². The SMILES string of the molecule is BC(B)(B)N1CCN(C(=O)[C@H](CCCN(CC=C)[C@@H]2C[C@H]2c2ccc(F)cc2)NC(=O)c2ccc(-n3ccnn3)cc2)CC1. The molecule has 9 nitrogen and oxygen atoms in total. The summed E-state index contributed by atoms with van der Waals surface area (Å²) in [6.07, 6.45) is 7.53. The molecule has 0 unspecified atom stereocenters. The zero-order valence-electron chi connectivity index (χ0n) is 26.0.